The van der Waals surface area contributed by atoms with Gasteiger partial charge in [0.2, 0.25) is 5.78 Å². The molecule has 46 heavy (non-hydrogen) atoms. The van der Waals surface area contributed by atoms with Crippen molar-refractivity contribution in [2.75, 3.05) is 0 Å². The van der Waals surface area contributed by atoms with E-state index in [1.165, 1.54) is 0 Å². The number of aliphatic hydroxyl groups excluding tert-OH is 1. The number of phenolic OH excluding ortho intramolecular Hbond substituents is 2. The Balaban J connectivity index is 0.000000307. The summed E-state index contributed by atoms with van der Waals surface area (Å²) in [6, 6.07) is 6.83. The van der Waals surface area contributed by atoms with Gasteiger partial charge in [0.05, 0.1) is 35.0 Å². The van der Waals surface area contributed by atoms with Crippen molar-refractivity contribution in [1.82, 2.24) is 19.1 Å². The molecule has 0 saturated heterocycles. The van der Waals surface area contributed by atoms with Crippen molar-refractivity contribution in [2.24, 2.45) is 0 Å². The summed E-state index contributed by atoms with van der Waals surface area (Å²) in [6.45, 7) is 5.85. The number of benzene rings is 2. The minimum absolute atomic E-state index is 0. The predicted molar refractivity (Wildman–Crippen MR) is 195 cm³/mol. The van der Waals surface area contributed by atoms with Gasteiger partial charge >= 0.3 is 18.9 Å². The van der Waals surface area contributed by atoms with Crippen LogP contribution in [0.5, 0.6) is 11.5 Å². The molecule has 0 spiro atoms. The second-order valence-electron chi connectivity index (χ2n) is 11.0. The average molecular weight is 896 g/mol. The molecule has 242 valence electrons. The van der Waals surface area contributed by atoms with Gasteiger partial charge in [0, 0.05) is 31.5 Å². The summed E-state index contributed by atoms with van der Waals surface area (Å²) >= 11 is 13.2. The first-order chi connectivity index (χ1) is 21.0. The first-order valence-electron chi connectivity index (χ1n) is 14.8. The van der Waals surface area contributed by atoms with E-state index in [-0.39, 0.29) is 54.9 Å². The number of aryl methyl sites for hydroxylation is 4. The molecule has 2 aromatic carbocycles. The molecule has 0 bridgehead atoms. The van der Waals surface area contributed by atoms with Gasteiger partial charge in [-0.1, -0.05) is 13.8 Å². The normalized spacial score (nSPS) is 14.2. The van der Waals surface area contributed by atoms with Crippen LogP contribution in [0.2, 0.25) is 0 Å². The van der Waals surface area contributed by atoms with Gasteiger partial charge in [-0.3, -0.25) is 4.79 Å². The van der Waals surface area contributed by atoms with Gasteiger partial charge < -0.3 is 25.9 Å². The second kappa shape index (κ2) is 17.2. The first-order valence-corrected chi connectivity index (χ1v) is 18.0. The molecular weight excluding hydrogens is 858 g/mol. The number of halogens is 4. The van der Waals surface area contributed by atoms with E-state index in [9.17, 15) is 20.1 Å². The fourth-order valence-corrected chi connectivity index (χ4v) is 8.31. The molecule has 1 unspecified atom stereocenters. The van der Waals surface area contributed by atoms with E-state index in [1.807, 2.05) is 6.92 Å². The molecule has 6 rings (SSSR count). The van der Waals surface area contributed by atoms with Crippen LogP contribution in [0.25, 0.3) is 0 Å². The zero-order chi connectivity index (χ0) is 31.7. The van der Waals surface area contributed by atoms with Gasteiger partial charge in [0.15, 0.2) is 17.4 Å². The summed E-state index contributed by atoms with van der Waals surface area (Å²) in [5.41, 5.74) is 4.69. The SMILES string of the molecule is CCc1nc2n(c1C(=O)c1cc(Br)c(O)c(Br)c1)CCCC2.CCc1nc2n(c1C(O)c1cc(Br)c(O)c(Br)c1)CCCC2.[AlH3].[H-].[Li+]. The maximum absolute atomic E-state index is 13.0. The summed E-state index contributed by atoms with van der Waals surface area (Å²) < 4.78 is 6.36. The molecule has 2 aliphatic heterocycles. The number of hydrogen-bond donors (Lipinski definition) is 3. The third-order valence-electron chi connectivity index (χ3n) is 8.12. The molecule has 0 amide bonds. The molecule has 0 radical (unpaired) electrons. The van der Waals surface area contributed by atoms with Crippen LogP contribution in [0.3, 0.4) is 0 Å². The van der Waals surface area contributed by atoms with E-state index >= 15 is 0 Å². The number of aliphatic hydroxyl groups is 1. The van der Waals surface area contributed by atoms with Gasteiger partial charge in [-0.05, 0) is 132 Å². The number of nitrogens with zero attached hydrogens (tertiary/aromatic N) is 4. The molecule has 2 aliphatic rings. The number of imidazole rings is 2. The molecule has 1 atom stereocenters. The van der Waals surface area contributed by atoms with E-state index in [0.717, 1.165) is 98.8 Å². The van der Waals surface area contributed by atoms with Crippen molar-refractivity contribution in [3.8, 4) is 11.5 Å². The Bertz CT molecular complexity index is 1690. The van der Waals surface area contributed by atoms with Crippen LogP contribution in [0.15, 0.2) is 42.2 Å². The van der Waals surface area contributed by atoms with Crippen LogP contribution >= 0.6 is 63.7 Å². The standard InChI is InChI=1S/C16H18Br2N2O2.C16H16Br2N2O2.Al.Li.4H/c2*1-2-12-14(20-6-4-3-5-13(20)19-12)15(21)9-7-10(17)16(22)11(18)8-9;;;;;;/h7-8,15,21-22H,2-6H2,1H3;7-8,22H,2-6H2,1H3;;;;;;/q;;;+1;;;;-1. The molecule has 0 fully saturated rings. The molecule has 0 aliphatic carbocycles. The van der Waals surface area contributed by atoms with Crippen molar-refractivity contribution >= 4 is 86.9 Å². The Kier molecular flexibility index (Phi) is 14.8. The molecular formula is C32H38AlBr4LiN4O4. The summed E-state index contributed by atoms with van der Waals surface area (Å²) in [7, 11) is 0. The van der Waals surface area contributed by atoms with E-state index in [1.54, 1.807) is 24.3 Å². The van der Waals surface area contributed by atoms with Gasteiger partial charge in [-0.2, -0.15) is 0 Å². The van der Waals surface area contributed by atoms with Crippen LogP contribution in [0.4, 0.5) is 0 Å². The molecule has 8 nitrogen and oxygen atoms in total. The van der Waals surface area contributed by atoms with Crippen molar-refractivity contribution in [3.05, 3.63) is 87.7 Å². The Morgan fingerprint density at radius 1 is 0.804 bits per heavy atom. The summed E-state index contributed by atoms with van der Waals surface area (Å²) in [5.74, 6) is 2.29. The number of aromatic hydroxyl groups is 2. The van der Waals surface area contributed by atoms with E-state index in [0.29, 0.717) is 29.1 Å². The quantitative estimate of drug-likeness (QED) is 0.197. The zero-order valence-corrected chi connectivity index (χ0v) is 31.9. The fourth-order valence-electron chi connectivity index (χ4n) is 5.90. The first kappa shape index (κ1) is 39.6. The van der Waals surface area contributed by atoms with Crippen LogP contribution in [-0.2, 0) is 38.8 Å². The largest absolute Gasteiger partial charge is 1.00 e. The predicted octanol–water partition coefficient (Wildman–Crippen LogP) is 4.27. The smallest absolute Gasteiger partial charge is 1.00 e. The summed E-state index contributed by atoms with van der Waals surface area (Å²) in [4.78, 5) is 22.3. The molecule has 3 N–H and O–H groups in total. The fraction of sp³-hybridized carbons (Fsp3) is 0.406. The van der Waals surface area contributed by atoms with Gasteiger partial charge in [-0.25, -0.2) is 9.97 Å². The zero-order valence-electron chi connectivity index (χ0n) is 26.5. The number of carbonyl (C=O) groups excluding carboxylic acids is 1. The Morgan fingerprint density at radius 2 is 1.26 bits per heavy atom. The number of fused-ring (bicyclic) bond motifs is 2. The number of hydrogen-bond acceptors (Lipinski definition) is 6. The van der Waals surface area contributed by atoms with Gasteiger partial charge in [0.25, 0.3) is 0 Å². The third-order valence-corrected chi connectivity index (χ3v) is 10.5. The van der Waals surface area contributed by atoms with Gasteiger partial charge in [-0.15, -0.1) is 0 Å². The van der Waals surface area contributed by atoms with Crippen LogP contribution < -0.4 is 18.9 Å². The number of rotatable bonds is 6. The minimum atomic E-state index is -0.748. The Labute approximate surface area is 327 Å². The number of ketones is 1. The molecule has 4 aromatic rings. The minimum Gasteiger partial charge on any atom is -1.00 e. The Hall–Kier alpha value is -0.860. The molecule has 2 aromatic heterocycles. The number of aromatic nitrogens is 4. The second-order valence-corrected chi connectivity index (χ2v) is 14.4. The van der Waals surface area contributed by atoms with E-state index < -0.39 is 6.10 Å². The summed E-state index contributed by atoms with van der Waals surface area (Å²) in [5, 5.41) is 30.6. The van der Waals surface area contributed by atoms with Gasteiger partial charge in [0.1, 0.15) is 34.9 Å². The molecule has 0 saturated carbocycles. The van der Waals surface area contributed by atoms with Crippen molar-refractivity contribution in [3.63, 3.8) is 0 Å². The van der Waals surface area contributed by atoms with Crippen LogP contribution in [0, 0.1) is 0 Å². The number of carbonyl (C=O) groups is 1. The summed E-state index contributed by atoms with van der Waals surface area (Å²) in [6.07, 6.45) is 7.18. The molecule has 14 heteroatoms. The monoisotopic (exact) mass is 892 g/mol. The van der Waals surface area contributed by atoms with E-state index in [4.69, 9.17) is 4.98 Å². The third kappa shape index (κ3) is 8.12. The van der Waals surface area contributed by atoms with E-state index in [2.05, 4.69) is 84.8 Å². The van der Waals surface area contributed by atoms with Crippen molar-refractivity contribution in [1.29, 1.82) is 0 Å². The number of phenols is 2. The Morgan fingerprint density at radius 3 is 1.78 bits per heavy atom. The average Bonchev–Trinajstić information content (AvgIpc) is 3.60. The van der Waals surface area contributed by atoms with Crippen LogP contribution in [-0.4, -0.2) is 57.6 Å². The van der Waals surface area contributed by atoms with Crippen molar-refractivity contribution < 1.29 is 40.4 Å². The maximum Gasteiger partial charge on any atom is 1.00 e. The molecule has 4 heterocycles. The van der Waals surface area contributed by atoms with Crippen molar-refractivity contribution in [2.45, 2.75) is 84.4 Å². The maximum atomic E-state index is 13.0. The van der Waals surface area contributed by atoms with Crippen LogP contribution in [0.1, 0.15) is 97.4 Å². The topological polar surface area (TPSA) is 113 Å².